The maximum Gasteiger partial charge on any atom is 0.365 e. The van der Waals surface area contributed by atoms with E-state index in [1.165, 1.54) is 11.8 Å². The third-order valence-electron chi connectivity index (χ3n) is 5.37. The normalized spacial score (nSPS) is 19.4. The Balaban J connectivity index is 1.78. The number of carbonyl (C=O) groups is 1. The number of carbonyl (C=O) groups excluding carboxylic acids is 1. The van der Waals surface area contributed by atoms with E-state index in [1.807, 2.05) is 89.7 Å². The number of para-hydroxylation sites is 2. The first-order valence-corrected chi connectivity index (χ1v) is 11.3. The summed E-state index contributed by atoms with van der Waals surface area (Å²) in [5, 5.41) is 13.9. The number of thioether (sulfide) groups is 1. The summed E-state index contributed by atoms with van der Waals surface area (Å²) in [4.78, 5) is 11.9. The van der Waals surface area contributed by atoms with Gasteiger partial charge in [-0.05, 0) is 49.9 Å². The Morgan fingerprint density at radius 1 is 0.875 bits per heavy atom. The fraction of sp³-hybridized carbons (Fsp3) is 0.160. The molecule has 1 atom stereocenters. The zero-order valence-electron chi connectivity index (χ0n) is 17.8. The van der Waals surface area contributed by atoms with Crippen LogP contribution in [0.5, 0.6) is 0 Å². The third kappa shape index (κ3) is 3.17. The Bertz CT molecular complexity index is 1210. The zero-order valence-corrected chi connectivity index (χ0v) is 18.6. The van der Waals surface area contributed by atoms with Crippen LogP contribution in [-0.4, -0.2) is 23.3 Å². The van der Waals surface area contributed by atoms with Crippen LogP contribution in [0.1, 0.15) is 25.0 Å². The second-order valence-corrected chi connectivity index (χ2v) is 8.52. The van der Waals surface area contributed by atoms with Crippen LogP contribution in [0.25, 0.3) is 0 Å². The lowest BCUT2D eigenvalue weighted by molar-refractivity contribution is -0.134. The monoisotopic (exact) mass is 442 g/mol. The largest absolute Gasteiger partial charge is 0.461 e. The molecule has 0 saturated carbocycles. The fourth-order valence-corrected chi connectivity index (χ4v) is 5.29. The first-order valence-electron chi connectivity index (χ1n) is 10.5. The van der Waals surface area contributed by atoms with Crippen molar-refractivity contribution in [1.82, 2.24) is 0 Å². The number of ether oxygens (including phenoxy) is 1. The van der Waals surface area contributed by atoms with Gasteiger partial charge in [-0.3, -0.25) is 0 Å². The molecule has 3 aromatic rings. The second kappa shape index (κ2) is 8.16. The minimum atomic E-state index is -0.930. The molecule has 0 fully saturated rings. The van der Waals surface area contributed by atoms with Gasteiger partial charge in [0.05, 0.1) is 23.7 Å². The third-order valence-corrected chi connectivity index (χ3v) is 6.67. The Kier molecular flexibility index (Phi) is 5.19. The number of hydrogen-bond donors (Lipinski definition) is 0. The number of rotatable bonds is 4. The van der Waals surface area contributed by atoms with E-state index in [9.17, 15) is 4.79 Å². The summed E-state index contributed by atoms with van der Waals surface area (Å²) in [7, 11) is 0. The van der Waals surface area contributed by atoms with Gasteiger partial charge < -0.3 is 4.74 Å². The molecular formula is C25H22N4O2S. The number of esters is 1. The van der Waals surface area contributed by atoms with E-state index in [0.29, 0.717) is 5.04 Å². The highest BCUT2D eigenvalue weighted by Crippen LogP contribution is 2.54. The lowest BCUT2D eigenvalue weighted by Crippen LogP contribution is -2.53. The van der Waals surface area contributed by atoms with Gasteiger partial charge in [-0.1, -0.05) is 60.7 Å². The van der Waals surface area contributed by atoms with Crippen LogP contribution in [-0.2, 0) is 14.5 Å². The van der Waals surface area contributed by atoms with E-state index in [4.69, 9.17) is 14.9 Å². The highest BCUT2D eigenvalue weighted by molar-refractivity contribution is 8.16. The van der Waals surface area contributed by atoms with Gasteiger partial charge in [0.1, 0.15) is 0 Å². The molecule has 2 heterocycles. The topological polar surface area (TPSA) is 57.5 Å². The van der Waals surface area contributed by atoms with Crippen molar-refractivity contribution in [2.24, 2.45) is 10.2 Å². The van der Waals surface area contributed by atoms with Gasteiger partial charge in [-0.15, -0.1) is 0 Å². The molecule has 7 heteroatoms. The lowest BCUT2D eigenvalue weighted by Gasteiger charge is -2.46. The van der Waals surface area contributed by atoms with E-state index in [2.05, 4.69) is 12.1 Å². The van der Waals surface area contributed by atoms with Gasteiger partial charge in [0.2, 0.25) is 10.0 Å². The molecule has 1 spiro atoms. The summed E-state index contributed by atoms with van der Waals surface area (Å²) in [6, 6.07) is 28.0. The van der Waals surface area contributed by atoms with E-state index in [0.717, 1.165) is 28.2 Å². The van der Waals surface area contributed by atoms with Gasteiger partial charge in [0, 0.05) is 11.1 Å². The Hall–Kier alpha value is -3.58. The van der Waals surface area contributed by atoms with Crippen molar-refractivity contribution >= 4 is 39.9 Å². The van der Waals surface area contributed by atoms with Crippen molar-refractivity contribution < 1.29 is 9.53 Å². The summed E-state index contributed by atoms with van der Waals surface area (Å²) in [6.07, 6.45) is 0. The van der Waals surface area contributed by atoms with Crippen LogP contribution in [0, 0.1) is 0 Å². The Morgan fingerprint density at radius 3 is 2.06 bits per heavy atom. The Morgan fingerprint density at radius 2 is 1.44 bits per heavy atom. The number of nitrogens with zero attached hydrogens (tertiary/aromatic N) is 4. The molecule has 0 saturated heterocycles. The number of hydrogen-bond acceptors (Lipinski definition) is 7. The summed E-state index contributed by atoms with van der Waals surface area (Å²) in [5.41, 5.74) is 4.68. The van der Waals surface area contributed by atoms with Gasteiger partial charge >= 0.3 is 5.97 Å². The SMILES string of the molecule is CCOC(=O)C1=NN(c2ccccc2)[C@@]2(S1)c1ccccc1C(C)=NN2c1ccccc1. The number of hydrazone groups is 2. The highest BCUT2D eigenvalue weighted by Gasteiger charge is 2.56. The molecule has 0 amide bonds. The molecule has 3 aromatic carbocycles. The lowest BCUT2D eigenvalue weighted by atomic mass is 9.98. The molecule has 0 aliphatic carbocycles. The van der Waals surface area contributed by atoms with Crippen molar-refractivity contribution in [2.75, 3.05) is 16.6 Å². The fourth-order valence-electron chi connectivity index (χ4n) is 4.01. The molecule has 32 heavy (non-hydrogen) atoms. The van der Waals surface area contributed by atoms with Gasteiger partial charge in [-0.2, -0.15) is 10.2 Å². The number of fused-ring (bicyclic) bond motifs is 2. The smallest absolute Gasteiger partial charge is 0.365 e. The number of benzene rings is 3. The summed E-state index contributed by atoms with van der Waals surface area (Å²) < 4.78 is 5.32. The molecule has 0 bridgehead atoms. The van der Waals surface area contributed by atoms with E-state index >= 15 is 0 Å². The average molecular weight is 443 g/mol. The van der Waals surface area contributed by atoms with Crippen molar-refractivity contribution in [3.05, 3.63) is 96.1 Å². The predicted molar refractivity (Wildman–Crippen MR) is 130 cm³/mol. The van der Waals surface area contributed by atoms with Crippen LogP contribution in [0.3, 0.4) is 0 Å². The molecule has 2 aliphatic rings. The maximum absolute atomic E-state index is 12.8. The summed E-state index contributed by atoms with van der Waals surface area (Å²) >= 11 is 1.35. The minimum Gasteiger partial charge on any atom is -0.461 e. The molecule has 160 valence electrons. The van der Waals surface area contributed by atoms with Gasteiger partial charge in [0.25, 0.3) is 0 Å². The first-order chi connectivity index (χ1) is 15.6. The number of anilines is 2. The van der Waals surface area contributed by atoms with Crippen LogP contribution in [0.15, 0.2) is 95.1 Å². The van der Waals surface area contributed by atoms with Crippen LogP contribution >= 0.6 is 11.8 Å². The molecule has 0 radical (unpaired) electrons. The molecule has 2 aliphatic heterocycles. The van der Waals surface area contributed by atoms with Gasteiger partial charge in [-0.25, -0.2) is 14.8 Å². The molecular weight excluding hydrogens is 420 g/mol. The van der Waals surface area contributed by atoms with E-state index < -0.39 is 11.0 Å². The van der Waals surface area contributed by atoms with Crippen molar-refractivity contribution in [3.63, 3.8) is 0 Å². The Labute approximate surface area is 191 Å². The summed E-state index contributed by atoms with van der Waals surface area (Å²) in [5.74, 6) is -0.438. The van der Waals surface area contributed by atoms with Crippen molar-refractivity contribution in [3.8, 4) is 0 Å². The molecule has 0 aromatic heterocycles. The van der Waals surface area contributed by atoms with Gasteiger partial charge in [0.15, 0.2) is 0 Å². The summed E-state index contributed by atoms with van der Waals surface area (Å²) in [6.45, 7) is 4.08. The molecule has 6 nitrogen and oxygen atoms in total. The van der Waals surface area contributed by atoms with E-state index in [-0.39, 0.29) is 6.61 Å². The minimum absolute atomic E-state index is 0.285. The maximum atomic E-state index is 12.8. The van der Waals surface area contributed by atoms with Crippen molar-refractivity contribution in [1.29, 1.82) is 0 Å². The standard InChI is InChI=1S/C25H22N4O2S/c1-3-31-24(30)23-27-29(20-14-8-5-9-15-20)25(32-23)22-17-11-10-16-21(22)18(2)26-28(25)19-12-6-4-7-13-19/h4-17H,3H2,1-2H3/t25-/m1/s1. The van der Waals surface area contributed by atoms with Crippen LogP contribution in [0.2, 0.25) is 0 Å². The van der Waals surface area contributed by atoms with Crippen LogP contribution < -0.4 is 10.0 Å². The quantitative estimate of drug-likeness (QED) is 0.522. The first kappa shape index (κ1) is 20.3. The molecule has 0 N–H and O–H groups in total. The van der Waals surface area contributed by atoms with E-state index in [1.54, 1.807) is 6.92 Å². The predicted octanol–water partition coefficient (Wildman–Crippen LogP) is 5.17. The van der Waals surface area contributed by atoms with Crippen molar-refractivity contribution in [2.45, 2.75) is 18.8 Å². The molecule has 0 unspecified atom stereocenters. The van der Waals surface area contributed by atoms with Crippen LogP contribution in [0.4, 0.5) is 11.4 Å². The average Bonchev–Trinajstić information content (AvgIpc) is 3.24. The zero-order chi connectivity index (χ0) is 22.1. The molecule has 5 rings (SSSR count). The highest BCUT2D eigenvalue weighted by atomic mass is 32.2. The second-order valence-electron chi connectivity index (χ2n) is 7.36.